The summed E-state index contributed by atoms with van der Waals surface area (Å²) in [5, 5.41) is 9.80. The van der Waals surface area contributed by atoms with Crippen molar-refractivity contribution in [1.82, 2.24) is 14.5 Å². The lowest BCUT2D eigenvalue weighted by molar-refractivity contribution is 0.472. The highest BCUT2D eigenvalue weighted by Crippen LogP contribution is 2.31. The number of imidazole rings is 1. The first-order valence-electron chi connectivity index (χ1n) is 6.00. The lowest BCUT2D eigenvalue weighted by Gasteiger charge is -2.07. The van der Waals surface area contributed by atoms with Gasteiger partial charge in [-0.15, -0.1) is 0 Å². The minimum atomic E-state index is 0.213. The average Bonchev–Trinajstić information content (AvgIpc) is 2.80. The molecule has 0 unspecified atom stereocenters. The van der Waals surface area contributed by atoms with Crippen molar-refractivity contribution in [2.75, 3.05) is 0 Å². The Kier molecular flexibility index (Phi) is 2.98. The summed E-state index contributed by atoms with van der Waals surface area (Å²) in [6.07, 6.45) is 3.52. The molecule has 0 radical (unpaired) electrons. The van der Waals surface area contributed by atoms with Gasteiger partial charge in [-0.05, 0) is 47.1 Å². The number of aryl methyl sites for hydroxylation is 1. The Morgan fingerprint density at radius 3 is 2.89 bits per heavy atom. The molecule has 0 aliphatic carbocycles. The zero-order chi connectivity index (χ0) is 13.4. The molecule has 2 aromatic heterocycles. The number of aromatic nitrogens is 3. The van der Waals surface area contributed by atoms with E-state index in [9.17, 15) is 5.11 Å². The van der Waals surface area contributed by atoms with Gasteiger partial charge in [0, 0.05) is 18.3 Å². The molecule has 0 bridgehead atoms. The summed E-state index contributed by atoms with van der Waals surface area (Å²) < 4.78 is 2.79. The van der Waals surface area contributed by atoms with Crippen molar-refractivity contribution in [3.63, 3.8) is 0 Å². The van der Waals surface area contributed by atoms with Crippen LogP contribution < -0.4 is 0 Å². The first kappa shape index (κ1) is 12.2. The molecule has 1 aromatic carbocycles. The number of nitrogens with zero attached hydrogens (tertiary/aromatic N) is 3. The molecule has 0 fully saturated rings. The van der Waals surface area contributed by atoms with Crippen molar-refractivity contribution in [2.24, 2.45) is 0 Å². The summed E-state index contributed by atoms with van der Waals surface area (Å²) in [6, 6.07) is 7.42. The Labute approximate surface area is 118 Å². The highest BCUT2D eigenvalue weighted by molar-refractivity contribution is 9.10. The number of hydrogen-bond acceptors (Lipinski definition) is 3. The number of fused-ring (bicyclic) bond motifs is 1. The Bertz CT molecular complexity index is 752. The molecule has 4 nitrogen and oxygen atoms in total. The van der Waals surface area contributed by atoms with Gasteiger partial charge in [0.2, 0.25) is 0 Å². The molecule has 0 saturated carbocycles. The zero-order valence-corrected chi connectivity index (χ0v) is 11.9. The average molecular weight is 318 g/mol. The second-order valence-corrected chi connectivity index (χ2v) is 5.06. The van der Waals surface area contributed by atoms with Crippen LogP contribution in [0.3, 0.4) is 0 Å². The van der Waals surface area contributed by atoms with E-state index in [1.807, 2.05) is 18.2 Å². The normalized spacial score (nSPS) is 11.1. The molecule has 1 N–H and O–H groups in total. The Morgan fingerprint density at radius 1 is 1.32 bits per heavy atom. The summed E-state index contributed by atoms with van der Waals surface area (Å²) in [4.78, 5) is 8.69. The van der Waals surface area contributed by atoms with Gasteiger partial charge in [0.25, 0.3) is 0 Å². The van der Waals surface area contributed by atoms with E-state index >= 15 is 0 Å². The van der Waals surface area contributed by atoms with Crippen molar-refractivity contribution in [3.05, 3.63) is 41.1 Å². The molecule has 0 saturated heterocycles. The van der Waals surface area contributed by atoms with Crippen LogP contribution in [0.2, 0.25) is 0 Å². The highest BCUT2D eigenvalue weighted by atomic mass is 79.9. The van der Waals surface area contributed by atoms with Gasteiger partial charge in [-0.3, -0.25) is 4.98 Å². The van der Waals surface area contributed by atoms with Crippen molar-refractivity contribution >= 4 is 27.0 Å². The van der Waals surface area contributed by atoms with E-state index in [1.165, 1.54) is 0 Å². The predicted molar refractivity (Wildman–Crippen MR) is 78.0 cm³/mol. The minimum Gasteiger partial charge on any atom is -0.507 e. The zero-order valence-electron chi connectivity index (χ0n) is 10.3. The molecule has 19 heavy (non-hydrogen) atoms. The van der Waals surface area contributed by atoms with Gasteiger partial charge in [0.15, 0.2) is 0 Å². The first-order valence-corrected chi connectivity index (χ1v) is 6.79. The third-order valence-corrected chi connectivity index (χ3v) is 3.74. The fraction of sp³-hybridized carbons (Fsp3) is 0.143. The van der Waals surface area contributed by atoms with E-state index in [0.29, 0.717) is 4.47 Å². The SMILES string of the molecule is CCn1c(-c2ccc(Br)c(O)c2)nc2cnccc21. The largest absolute Gasteiger partial charge is 0.507 e. The van der Waals surface area contributed by atoms with Gasteiger partial charge in [0.05, 0.1) is 16.2 Å². The summed E-state index contributed by atoms with van der Waals surface area (Å²) >= 11 is 3.28. The molecule has 0 spiro atoms. The highest BCUT2D eigenvalue weighted by Gasteiger charge is 2.12. The second-order valence-electron chi connectivity index (χ2n) is 4.21. The molecule has 3 aromatic rings. The van der Waals surface area contributed by atoms with Crippen LogP contribution in [0.1, 0.15) is 6.92 Å². The van der Waals surface area contributed by atoms with Gasteiger partial charge < -0.3 is 9.67 Å². The maximum atomic E-state index is 9.80. The van der Waals surface area contributed by atoms with E-state index < -0.39 is 0 Å². The Morgan fingerprint density at radius 2 is 2.16 bits per heavy atom. The van der Waals surface area contributed by atoms with E-state index in [0.717, 1.165) is 29.0 Å². The minimum absolute atomic E-state index is 0.213. The quantitative estimate of drug-likeness (QED) is 0.785. The van der Waals surface area contributed by atoms with Gasteiger partial charge in [0.1, 0.15) is 17.1 Å². The Hall–Kier alpha value is -1.88. The van der Waals surface area contributed by atoms with Crippen LogP contribution in [0.5, 0.6) is 5.75 Å². The lowest BCUT2D eigenvalue weighted by Crippen LogP contribution is -1.97. The predicted octanol–water partition coefficient (Wildman–Crippen LogP) is 3.59. The topological polar surface area (TPSA) is 50.9 Å². The van der Waals surface area contributed by atoms with Crippen LogP contribution in [0.4, 0.5) is 0 Å². The van der Waals surface area contributed by atoms with Crippen molar-refractivity contribution in [1.29, 1.82) is 0 Å². The molecular weight excluding hydrogens is 306 g/mol. The van der Waals surface area contributed by atoms with Gasteiger partial charge in [-0.2, -0.15) is 0 Å². The van der Waals surface area contributed by atoms with Crippen LogP contribution in [-0.2, 0) is 6.54 Å². The standard InChI is InChI=1S/C14H12BrN3O/c1-2-18-12-5-6-16-8-11(12)17-14(18)9-3-4-10(15)13(19)7-9/h3-8,19H,2H2,1H3. The maximum Gasteiger partial charge on any atom is 0.141 e. The number of benzene rings is 1. The summed E-state index contributed by atoms with van der Waals surface area (Å²) in [5.74, 6) is 1.05. The molecule has 0 aliphatic rings. The number of aromatic hydroxyl groups is 1. The monoisotopic (exact) mass is 317 g/mol. The number of halogens is 1. The fourth-order valence-corrected chi connectivity index (χ4v) is 2.42. The maximum absolute atomic E-state index is 9.80. The molecule has 5 heteroatoms. The van der Waals surface area contributed by atoms with Crippen LogP contribution in [0, 0.1) is 0 Å². The number of phenols is 1. The molecule has 0 aliphatic heterocycles. The molecule has 0 amide bonds. The van der Waals surface area contributed by atoms with Gasteiger partial charge >= 0.3 is 0 Å². The van der Waals surface area contributed by atoms with Crippen LogP contribution in [-0.4, -0.2) is 19.6 Å². The van der Waals surface area contributed by atoms with Gasteiger partial charge in [-0.1, -0.05) is 0 Å². The molecule has 96 valence electrons. The number of rotatable bonds is 2. The van der Waals surface area contributed by atoms with E-state index in [-0.39, 0.29) is 5.75 Å². The van der Waals surface area contributed by atoms with Crippen molar-refractivity contribution < 1.29 is 5.11 Å². The number of hydrogen-bond donors (Lipinski definition) is 1. The molecule has 0 atom stereocenters. The van der Waals surface area contributed by atoms with Crippen LogP contribution in [0.15, 0.2) is 41.1 Å². The smallest absolute Gasteiger partial charge is 0.141 e. The van der Waals surface area contributed by atoms with Gasteiger partial charge in [-0.25, -0.2) is 4.98 Å². The molecule has 3 rings (SSSR count). The van der Waals surface area contributed by atoms with Crippen LogP contribution >= 0.6 is 15.9 Å². The summed E-state index contributed by atoms with van der Waals surface area (Å²) in [7, 11) is 0. The fourth-order valence-electron chi connectivity index (χ4n) is 2.17. The van der Waals surface area contributed by atoms with E-state index in [4.69, 9.17) is 0 Å². The first-order chi connectivity index (χ1) is 9.20. The van der Waals surface area contributed by atoms with E-state index in [1.54, 1.807) is 18.5 Å². The summed E-state index contributed by atoms with van der Waals surface area (Å²) in [6.45, 7) is 2.89. The second kappa shape index (κ2) is 4.66. The van der Waals surface area contributed by atoms with Crippen molar-refractivity contribution in [2.45, 2.75) is 13.5 Å². The van der Waals surface area contributed by atoms with Crippen molar-refractivity contribution in [3.8, 4) is 17.1 Å². The molecule has 2 heterocycles. The van der Waals surface area contributed by atoms with Crippen LogP contribution in [0.25, 0.3) is 22.4 Å². The molecular formula is C14H12BrN3O. The Balaban J connectivity index is 2.26. The third-order valence-electron chi connectivity index (χ3n) is 3.07. The number of phenolic OH excluding ortho intramolecular Hbond substituents is 1. The third kappa shape index (κ3) is 2.00. The summed E-state index contributed by atoms with van der Waals surface area (Å²) in [5.41, 5.74) is 2.80. The number of pyridine rings is 1. The van der Waals surface area contributed by atoms with E-state index in [2.05, 4.69) is 37.4 Å². The lowest BCUT2D eigenvalue weighted by atomic mass is 10.2.